The van der Waals surface area contributed by atoms with Crippen LogP contribution in [0.5, 0.6) is 0 Å². The van der Waals surface area contributed by atoms with Crippen molar-refractivity contribution in [1.82, 2.24) is 9.29 Å². The predicted molar refractivity (Wildman–Crippen MR) is 110 cm³/mol. The summed E-state index contributed by atoms with van der Waals surface area (Å²) in [5.41, 5.74) is 2.68. The Kier molecular flexibility index (Phi) is 5.90. The molecule has 148 valence electrons. The molecule has 0 fully saturated rings. The second-order valence-electron chi connectivity index (χ2n) is 6.68. The first-order valence-corrected chi connectivity index (χ1v) is 10.5. The number of aliphatic hydroxyl groups is 1. The number of aromatic nitrogens is 1. The smallest absolute Gasteiger partial charge is 0.252 e. The number of aliphatic hydroxyl groups excluding tert-OH is 1. The van der Waals surface area contributed by atoms with E-state index in [1.54, 1.807) is 6.07 Å². The van der Waals surface area contributed by atoms with E-state index in [0.717, 1.165) is 20.8 Å². The minimum Gasteiger partial charge on any atom is -0.395 e. The maximum absolute atomic E-state index is 13.0. The molecule has 28 heavy (non-hydrogen) atoms. The number of pyridine rings is 1. The molecule has 0 saturated carbocycles. The molecule has 0 atom stereocenters. The van der Waals surface area contributed by atoms with Crippen LogP contribution >= 0.6 is 11.6 Å². The molecule has 1 heterocycles. The normalized spacial score (nSPS) is 12.0. The van der Waals surface area contributed by atoms with E-state index in [2.05, 4.69) is 4.98 Å². The van der Waals surface area contributed by atoms with Crippen LogP contribution in [0, 0.1) is 13.8 Å². The summed E-state index contributed by atoms with van der Waals surface area (Å²) in [5, 5.41) is 10.6. The Balaban J connectivity index is 2.04. The second-order valence-corrected chi connectivity index (χ2v) is 9.06. The minimum absolute atomic E-state index is 0.0503. The lowest BCUT2D eigenvalue weighted by atomic mass is 10.0. The second kappa shape index (κ2) is 8.05. The van der Waals surface area contributed by atoms with Crippen molar-refractivity contribution in [2.24, 2.45) is 0 Å². The number of hydrogen-bond donors (Lipinski definition) is 2. The molecular formula is C20H21ClN2O4S. The standard InChI is InChI=1S/C20H21ClN2O4S/c1-13-9-14(2)18-11-15(20(25)22-19(18)10-13)12-23(7-8-24)28(26,27)17-5-3-16(21)4-6-17/h3-6,9-11,24H,7-8,12H2,1-2H3,(H,22,25). The topological polar surface area (TPSA) is 90.5 Å². The number of aromatic amines is 1. The zero-order valence-electron chi connectivity index (χ0n) is 15.6. The number of aryl methyl sites for hydroxylation is 2. The number of sulfonamides is 1. The summed E-state index contributed by atoms with van der Waals surface area (Å²) in [5.74, 6) is 0. The summed E-state index contributed by atoms with van der Waals surface area (Å²) in [6.45, 7) is 3.24. The number of nitrogens with zero attached hydrogens (tertiary/aromatic N) is 1. The van der Waals surface area contributed by atoms with Crippen LogP contribution in [-0.2, 0) is 16.6 Å². The third kappa shape index (κ3) is 4.12. The Morgan fingerprint density at radius 3 is 2.43 bits per heavy atom. The fourth-order valence-electron chi connectivity index (χ4n) is 3.17. The van der Waals surface area contributed by atoms with Crippen molar-refractivity contribution < 1.29 is 13.5 Å². The Labute approximate surface area is 168 Å². The maximum Gasteiger partial charge on any atom is 0.252 e. The number of rotatable bonds is 6. The van der Waals surface area contributed by atoms with Gasteiger partial charge in [-0.15, -0.1) is 0 Å². The molecule has 2 N–H and O–H groups in total. The van der Waals surface area contributed by atoms with Crippen molar-refractivity contribution in [3.05, 3.63) is 74.5 Å². The van der Waals surface area contributed by atoms with Crippen LogP contribution in [-0.4, -0.2) is 36.0 Å². The summed E-state index contributed by atoms with van der Waals surface area (Å²) < 4.78 is 27.1. The monoisotopic (exact) mass is 420 g/mol. The van der Waals surface area contributed by atoms with Gasteiger partial charge < -0.3 is 10.1 Å². The van der Waals surface area contributed by atoms with Crippen LogP contribution in [0.2, 0.25) is 5.02 Å². The molecule has 0 radical (unpaired) electrons. The number of H-pyrrole nitrogens is 1. The lowest BCUT2D eigenvalue weighted by Gasteiger charge is -2.21. The van der Waals surface area contributed by atoms with Gasteiger partial charge >= 0.3 is 0 Å². The van der Waals surface area contributed by atoms with E-state index in [1.807, 2.05) is 26.0 Å². The summed E-state index contributed by atoms with van der Waals surface area (Å²) in [4.78, 5) is 15.4. The molecule has 0 aliphatic rings. The first-order chi connectivity index (χ1) is 13.2. The van der Waals surface area contributed by atoms with Crippen molar-refractivity contribution in [2.45, 2.75) is 25.3 Å². The Hall–Kier alpha value is -2.19. The third-order valence-electron chi connectivity index (χ3n) is 4.54. The zero-order valence-corrected chi connectivity index (χ0v) is 17.1. The fraction of sp³-hybridized carbons (Fsp3) is 0.250. The SMILES string of the molecule is Cc1cc(C)c2cc(CN(CCO)S(=O)(=O)c3ccc(Cl)cc3)c(=O)[nH]c2c1. The molecule has 1 aromatic heterocycles. The molecule has 0 aliphatic heterocycles. The molecule has 0 spiro atoms. The van der Waals surface area contributed by atoms with Crippen molar-refractivity contribution in [2.75, 3.05) is 13.2 Å². The van der Waals surface area contributed by atoms with Gasteiger partial charge in [-0.2, -0.15) is 4.31 Å². The molecule has 3 rings (SSSR count). The third-order valence-corrected chi connectivity index (χ3v) is 6.65. The highest BCUT2D eigenvalue weighted by Crippen LogP contribution is 2.22. The Bertz CT molecular complexity index is 1170. The van der Waals surface area contributed by atoms with Crippen LogP contribution in [0.1, 0.15) is 16.7 Å². The number of benzene rings is 2. The van der Waals surface area contributed by atoms with Crippen LogP contribution in [0.3, 0.4) is 0 Å². The van der Waals surface area contributed by atoms with Gasteiger partial charge in [-0.25, -0.2) is 8.42 Å². The van der Waals surface area contributed by atoms with E-state index in [4.69, 9.17) is 11.6 Å². The van der Waals surface area contributed by atoms with E-state index in [9.17, 15) is 18.3 Å². The molecule has 0 unspecified atom stereocenters. The van der Waals surface area contributed by atoms with Crippen LogP contribution in [0.25, 0.3) is 10.9 Å². The van der Waals surface area contributed by atoms with Gasteiger partial charge in [0.05, 0.1) is 11.5 Å². The highest BCUT2D eigenvalue weighted by atomic mass is 35.5. The molecule has 3 aromatic rings. The maximum atomic E-state index is 13.0. The predicted octanol–water partition coefficient (Wildman–Crippen LogP) is 2.98. The van der Waals surface area contributed by atoms with Gasteiger partial charge in [0, 0.05) is 34.6 Å². The van der Waals surface area contributed by atoms with Crippen molar-refractivity contribution in [3.63, 3.8) is 0 Å². The first-order valence-electron chi connectivity index (χ1n) is 8.72. The van der Waals surface area contributed by atoms with Crippen LogP contribution in [0.15, 0.2) is 52.2 Å². The van der Waals surface area contributed by atoms with E-state index >= 15 is 0 Å². The highest BCUT2D eigenvalue weighted by Gasteiger charge is 2.25. The van der Waals surface area contributed by atoms with E-state index in [0.29, 0.717) is 16.1 Å². The van der Waals surface area contributed by atoms with Gasteiger partial charge in [0.1, 0.15) is 0 Å². The van der Waals surface area contributed by atoms with Gasteiger partial charge in [-0.1, -0.05) is 17.7 Å². The molecule has 0 aliphatic carbocycles. The highest BCUT2D eigenvalue weighted by molar-refractivity contribution is 7.89. The summed E-state index contributed by atoms with van der Waals surface area (Å²) in [7, 11) is -3.90. The van der Waals surface area contributed by atoms with Crippen molar-refractivity contribution in [3.8, 4) is 0 Å². The molecular weight excluding hydrogens is 400 g/mol. The summed E-state index contributed by atoms with van der Waals surface area (Å²) >= 11 is 5.84. The summed E-state index contributed by atoms with van der Waals surface area (Å²) in [6.07, 6.45) is 0. The molecule has 8 heteroatoms. The van der Waals surface area contributed by atoms with Gasteiger partial charge in [0.15, 0.2) is 0 Å². The number of halogens is 1. The summed E-state index contributed by atoms with van der Waals surface area (Å²) in [6, 6.07) is 11.4. The molecule has 0 amide bonds. The Morgan fingerprint density at radius 1 is 1.11 bits per heavy atom. The largest absolute Gasteiger partial charge is 0.395 e. The van der Waals surface area contributed by atoms with Gasteiger partial charge in [0.2, 0.25) is 10.0 Å². The minimum atomic E-state index is -3.90. The first kappa shape index (κ1) is 20.5. The Morgan fingerprint density at radius 2 is 1.79 bits per heavy atom. The lowest BCUT2D eigenvalue weighted by Crippen LogP contribution is -2.35. The van der Waals surface area contributed by atoms with E-state index < -0.39 is 10.0 Å². The average Bonchev–Trinajstić information content (AvgIpc) is 2.62. The zero-order chi connectivity index (χ0) is 20.5. The van der Waals surface area contributed by atoms with E-state index in [1.165, 1.54) is 24.3 Å². The van der Waals surface area contributed by atoms with E-state index in [-0.39, 0.29) is 30.2 Å². The van der Waals surface area contributed by atoms with Gasteiger partial charge in [-0.3, -0.25) is 4.79 Å². The van der Waals surface area contributed by atoms with Crippen LogP contribution in [0.4, 0.5) is 0 Å². The molecule has 0 bridgehead atoms. The van der Waals surface area contributed by atoms with Gasteiger partial charge in [0.25, 0.3) is 5.56 Å². The number of fused-ring (bicyclic) bond motifs is 1. The van der Waals surface area contributed by atoms with Gasteiger partial charge in [-0.05, 0) is 61.4 Å². The quantitative estimate of drug-likeness (QED) is 0.641. The van der Waals surface area contributed by atoms with Crippen LogP contribution < -0.4 is 5.56 Å². The van der Waals surface area contributed by atoms with Crippen molar-refractivity contribution in [1.29, 1.82) is 0 Å². The number of hydrogen-bond acceptors (Lipinski definition) is 4. The fourth-order valence-corrected chi connectivity index (χ4v) is 4.71. The molecule has 0 saturated heterocycles. The average molecular weight is 421 g/mol. The van der Waals surface area contributed by atoms with Crippen molar-refractivity contribution >= 4 is 32.5 Å². The number of nitrogens with one attached hydrogen (secondary N) is 1. The molecule has 2 aromatic carbocycles. The lowest BCUT2D eigenvalue weighted by molar-refractivity contribution is 0.251. The molecule has 6 nitrogen and oxygen atoms in total.